The molecule has 0 heterocycles. The second-order valence-electron chi connectivity index (χ2n) is 4.44. The number of rotatable bonds is 3. The largest absolute Gasteiger partial charge is 0.414 e. The lowest BCUT2D eigenvalue weighted by molar-refractivity contribution is -0.148. The van der Waals surface area contributed by atoms with Crippen LogP contribution in [0.1, 0.15) is 24.1 Å². The summed E-state index contributed by atoms with van der Waals surface area (Å²) in [4.78, 5) is 3.88. The summed E-state index contributed by atoms with van der Waals surface area (Å²) in [5, 5.41) is 0. The van der Waals surface area contributed by atoms with E-state index in [1.807, 2.05) is 6.07 Å². The molecule has 0 spiro atoms. The molecule has 104 valence electrons. The Bertz CT molecular complexity index is 574. The van der Waals surface area contributed by atoms with E-state index in [-0.39, 0.29) is 5.56 Å². The lowest BCUT2D eigenvalue weighted by atomic mass is 10.1. The van der Waals surface area contributed by atoms with Gasteiger partial charge in [-0.25, -0.2) is 0 Å². The summed E-state index contributed by atoms with van der Waals surface area (Å²) in [6.07, 6.45) is -4.41. The lowest BCUT2D eigenvalue weighted by Crippen LogP contribution is -2.20. The van der Waals surface area contributed by atoms with Crippen LogP contribution in [0.15, 0.2) is 65.7 Å². The summed E-state index contributed by atoms with van der Waals surface area (Å²) in [5.74, 6) is 0. The smallest absolute Gasteiger partial charge is 0.272 e. The van der Waals surface area contributed by atoms with Crippen molar-refractivity contribution in [2.75, 3.05) is 0 Å². The van der Waals surface area contributed by atoms with Crippen molar-refractivity contribution < 1.29 is 13.2 Å². The number of halogens is 3. The Labute approximate surface area is 115 Å². The maximum atomic E-state index is 13.2. The Hall–Kier alpha value is -2.10. The van der Waals surface area contributed by atoms with Gasteiger partial charge in [0.15, 0.2) is 6.04 Å². The molecule has 0 amide bonds. The van der Waals surface area contributed by atoms with Crippen LogP contribution >= 0.6 is 0 Å². The van der Waals surface area contributed by atoms with Crippen LogP contribution in [0, 0.1) is 0 Å². The van der Waals surface area contributed by atoms with Gasteiger partial charge in [-0.1, -0.05) is 60.7 Å². The van der Waals surface area contributed by atoms with Crippen LogP contribution < -0.4 is 0 Å². The second-order valence-corrected chi connectivity index (χ2v) is 4.44. The number of alkyl halides is 3. The van der Waals surface area contributed by atoms with E-state index in [1.165, 1.54) is 12.1 Å². The van der Waals surface area contributed by atoms with Crippen molar-refractivity contribution in [3.05, 3.63) is 71.8 Å². The van der Waals surface area contributed by atoms with E-state index >= 15 is 0 Å². The minimum absolute atomic E-state index is 0.148. The zero-order chi connectivity index (χ0) is 14.6. The van der Waals surface area contributed by atoms with E-state index < -0.39 is 12.2 Å². The van der Waals surface area contributed by atoms with E-state index in [4.69, 9.17) is 0 Å². The fourth-order valence-electron chi connectivity index (χ4n) is 1.92. The summed E-state index contributed by atoms with van der Waals surface area (Å²) in [7, 11) is 0. The molecule has 1 unspecified atom stereocenters. The number of benzene rings is 2. The van der Waals surface area contributed by atoms with Gasteiger partial charge in [-0.3, -0.25) is 4.99 Å². The Morgan fingerprint density at radius 2 is 1.40 bits per heavy atom. The van der Waals surface area contributed by atoms with Gasteiger partial charge in [0.05, 0.1) is 0 Å². The predicted octanol–water partition coefficient (Wildman–Crippen LogP) is 4.80. The van der Waals surface area contributed by atoms with Crippen molar-refractivity contribution in [3.8, 4) is 0 Å². The van der Waals surface area contributed by atoms with Crippen molar-refractivity contribution in [2.45, 2.75) is 19.1 Å². The SMILES string of the molecule is CC(=NC(c1ccccc1)C(F)(F)F)c1ccccc1. The molecule has 0 aliphatic rings. The molecular weight excluding hydrogens is 263 g/mol. The van der Waals surface area contributed by atoms with Crippen molar-refractivity contribution in [2.24, 2.45) is 4.99 Å². The third-order valence-corrected chi connectivity index (χ3v) is 2.94. The highest BCUT2D eigenvalue weighted by molar-refractivity contribution is 5.98. The first-order valence-corrected chi connectivity index (χ1v) is 6.20. The molecule has 1 atom stereocenters. The highest BCUT2D eigenvalue weighted by Gasteiger charge is 2.40. The normalized spacial score (nSPS) is 14.1. The lowest BCUT2D eigenvalue weighted by Gasteiger charge is -2.18. The molecule has 0 aliphatic heterocycles. The third-order valence-electron chi connectivity index (χ3n) is 2.94. The standard InChI is InChI=1S/C16H14F3N/c1-12(13-8-4-2-5-9-13)20-15(16(17,18)19)14-10-6-3-7-11-14/h2-11,15H,1H3. The van der Waals surface area contributed by atoms with Gasteiger partial charge in [0, 0.05) is 5.71 Å². The first-order valence-electron chi connectivity index (χ1n) is 6.20. The number of aliphatic imine (C=N–C) groups is 1. The van der Waals surface area contributed by atoms with Crippen LogP contribution in [0.3, 0.4) is 0 Å². The molecule has 2 rings (SSSR count). The molecule has 0 aromatic heterocycles. The average Bonchev–Trinajstić information content (AvgIpc) is 2.45. The van der Waals surface area contributed by atoms with Gasteiger partial charge in [0.25, 0.3) is 0 Å². The predicted molar refractivity (Wildman–Crippen MR) is 73.9 cm³/mol. The molecule has 0 saturated carbocycles. The fourth-order valence-corrected chi connectivity index (χ4v) is 1.92. The van der Waals surface area contributed by atoms with E-state index in [9.17, 15) is 13.2 Å². The number of hydrogen-bond donors (Lipinski definition) is 0. The van der Waals surface area contributed by atoms with Gasteiger partial charge in [-0.2, -0.15) is 13.2 Å². The van der Waals surface area contributed by atoms with E-state index in [0.717, 1.165) is 0 Å². The van der Waals surface area contributed by atoms with Crippen molar-refractivity contribution in [1.82, 2.24) is 0 Å². The van der Waals surface area contributed by atoms with Crippen LogP contribution in [-0.4, -0.2) is 11.9 Å². The highest BCUT2D eigenvalue weighted by atomic mass is 19.4. The quantitative estimate of drug-likeness (QED) is 0.715. The minimum atomic E-state index is -4.41. The van der Waals surface area contributed by atoms with E-state index in [0.29, 0.717) is 11.3 Å². The number of nitrogens with zero attached hydrogens (tertiary/aromatic N) is 1. The molecule has 1 nitrogen and oxygen atoms in total. The molecule has 0 aliphatic carbocycles. The van der Waals surface area contributed by atoms with Crippen LogP contribution in [0.5, 0.6) is 0 Å². The van der Waals surface area contributed by atoms with Gasteiger partial charge in [-0.15, -0.1) is 0 Å². The Morgan fingerprint density at radius 3 is 1.90 bits per heavy atom. The molecule has 20 heavy (non-hydrogen) atoms. The summed E-state index contributed by atoms with van der Waals surface area (Å²) >= 11 is 0. The summed E-state index contributed by atoms with van der Waals surface area (Å²) in [6.45, 7) is 1.59. The Balaban J connectivity index is 2.39. The van der Waals surface area contributed by atoms with E-state index in [2.05, 4.69) is 4.99 Å². The van der Waals surface area contributed by atoms with Crippen LogP contribution in [0.4, 0.5) is 13.2 Å². The molecule has 0 N–H and O–H groups in total. The zero-order valence-corrected chi connectivity index (χ0v) is 10.9. The van der Waals surface area contributed by atoms with Crippen molar-refractivity contribution in [1.29, 1.82) is 0 Å². The first kappa shape index (κ1) is 14.3. The van der Waals surface area contributed by atoms with Gasteiger partial charge in [0.1, 0.15) is 0 Å². The van der Waals surface area contributed by atoms with Crippen LogP contribution in [-0.2, 0) is 0 Å². The maximum Gasteiger partial charge on any atom is 0.414 e. The molecular formula is C16H14F3N. The Kier molecular flexibility index (Phi) is 4.23. The zero-order valence-electron chi connectivity index (χ0n) is 10.9. The summed E-state index contributed by atoms with van der Waals surface area (Å²) in [6, 6.07) is 14.8. The van der Waals surface area contributed by atoms with Crippen molar-refractivity contribution >= 4 is 5.71 Å². The van der Waals surface area contributed by atoms with Crippen molar-refractivity contribution in [3.63, 3.8) is 0 Å². The molecule has 0 bridgehead atoms. The number of hydrogen-bond acceptors (Lipinski definition) is 1. The minimum Gasteiger partial charge on any atom is -0.272 e. The van der Waals surface area contributed by atoms with Gasteiger partial charge in [0.2, 0.25) is 0 Å². The summed E-state index contributed by atoms with van der Waals surface area (Å²) < 4.78 is 39.5. The molecule has 2 aromatic rings. The van der Waals surface area contributed by atoms with Gasteiger partial charge in [-0.05, 0) is 18.1 Å². The topological polar surface area (TPSA) is 12.4 Å². The molecule has 0 radical (unpaired) electrons. The Morgan fingerprint density at radius 1 is 0.900 bits per heavy atom. The monoisotopic (exact) mass is 277 g/mol. The van der Waals surface area contributed by atoms with Crippen LogP contribution in [0.25, 0.3) is 0 Å². The summed E-state index contributed by atoms with van der Waals surface area (Å²) in [5.41, 5.74) is 1.21. The molecule has 2 aromatic carbocycles. The average molecular weight is 277 g/mol. The van der Waals surface area contributed by atoms with Gasteiger partial charge < -0.3 is 0 Å². The van der Waals surface area contributed by atoms with Gasteiger partial charge >= 0.3 is 6.18 Å². The third kappa shape index (κ3) is 3.47. The van der Waals surface area contributed by atoms with Crippen LogP contribution in [0.2, 0.25) is 0 Å². The fraction of sp³-hybridized carbons (Fsp3) is 0.188. The second kappa shape index (κ2) is 5.90. The highest BCUT2D eigenvalue weighted by Crippen LogP contribution is 2.36. The molecule has 4 heteroatoms. The maximum absolute atomic E-state index is 13.2. The molecule has 0 saturated heterocycles. The van der Waals surface area contributed by atoms with E-state index in [1.54, 1.807) is 49.4 Å². The first-order chi connectivity index (χ1) is 9.48. The molecule has 0 fully saturated rings.